The molecule has 0 atom stereocenters. The molecule has 6 heteroatoms. The summed E-state index contributed by atoms with van der Waals surface area (Å²) in [6.45, 7) is 0.421. The van der Waals surface area contributed by atoms with E-state index in [2.05, 4.69) is 5.32 Å². The molecule has 2 aromatic rings. The van der Waals surface area contributed by atoms with Gasteiger partial charge in [-0.25, -0.2) is 4.79 Å². The second-order valence-corrected chi connectivity index (χ2v) is 5.10. The van der Waals surface area contributed by atoms with Crippen molar-refractivity contribution in [1.82, 2.24) is 9.88 Å². The highest BCUT2D eigenvalue weighted by Crippen LogP contribution is 2.12. The summed E-state index contributed by atoms with van der Waals surface area (Å²) in [4.78, 5) is 22.8. The van der Waals surface area contributed by atoms with E-state index in [9.17, 15) is 9.59 Å². The van der Waals surface area contributed by atoms with Crippen molar-refractivity contribution in [1.29, 1.82) is 0 Å². The number of aromatic nitrogens is 1. The van der Waals surface area contributed by atoms with Gasteiger partial charge in [-0.15, -0.1) is 0 Å². The molecule has 21 heavy (non-hydrogen) atoms. The van der Waals surface area contributed by atoms with Crippen molar-refractivity contribution in [2.75, 3.05) is 6.54 Å². The van der Waals surface area contributed by atoms with Crippen LogP contribution >= 0.6 is 11.6 Å². The van der Waals surface area contributed by atoms with Crippen LogP contribution in [0.3, 0.4) is 0 Å². The Kier molecular flexibility index (Phi) is 4.65. The van der Waals surface area contributed by atoms with Crippen LogP contribution in [-0.4, -0.2) is 28.1 Å². The minimum atomic E-state index is -0.959. The van der Waals surface area contributed by atoms with Crippen molar-refractivity contribution in [2.24, 2.45) is 7.05 Å². The van der Waals surface area contributed by atoms with Gasteiger partial charge in [0.25, 0.3) is 5.91 Å². The molecule has 5 nitrogen and oxygen atoms in total. The molecule has 0 aliphatic rings. The van der Waals surface area contributed by atoms with E-state index in [1.54, 1.807) is 36.0 Å². The molecule has 0 radical (unpaired) electrons. The summed E-state index contributed by atoms with van der Waals surface area (Å²) in [5.41, 5.74) is 1.59. The maximum absolute atomic E-state index is 12.0. The van der Waals surface area contributed by atoms with E-state index >= 15 is 0 Å². The van der Waals surface area contributed by atoms with Gasteiger partial charge in [0.15, 0.2) is 0 Å². The number of carbonyl (C=O) groups excluding carboxylic acids is 1. The van der Waals surface area contributed by atoms with Crippen LogP contribution in [0.5, 0.6) is 0 Å². The predicted molar refractivity (Wildman–Crippen MR) is 79.9 cm³/mol. The molecule has 2 rings (SSSR count). The van der Waals surface area contributed by atoms with Gasteiger partial charge >= 0.3 is 5.97 Å². The van der Waals surface area contributed by atoms with Gasteiger partial charge in [0.05, 0.1) is 10.6 Å². The highest BCUT2D eigenvalue weighted by Gasteiger charge is 2.10. The van der Waals surface area contributed by atoms with Crippen molar-refractivity contribution in [2.45, 2.75) is 6.42 Å². The number of aromatic carboxylic acids is 1. The maximum Gasteiger partial charge on any atom is 0.335 e. The number of nitrogens with zero attached hydrogens (tertiary/aromatic N) is 1. The smallest absolute Gasteiger partial charge is 0.335 e. The first-order valence-electron chi connectivity index (χ1n) is 6.39. The molecule has 0 saturated carbocycles. The van der Waals surface area contributed by atoms with Crippen LogP contribution in [0.1, 0.15) is 26.4 Å². The monoisotopic (exact) mass is 306 g/mol. The average molecular weight is 307 g/mol. The molecule has 0 unspecified atom stereocenters. The Balaban J connectivity index is 1.92. The summed E-state index contributed by atoms with van der Waals surface area (Å²) in [6, 6.07) is 8.27. The van der Waals surface area contributed by atoms with E-state index in [4.69, 9.17) is 16.7 Å². The number of halogens is 1. The lowest BCUT2D eigenvalue weighted by Crippen LogP contribution is -2.27. The Hall–Kier alpha value is -2.27. The van der Waals surface area contributed by atoms with Crippen molar-refractivity contribution in [3.63, 3.8) is 0 Å². The fourth-order valence-corrected chi connectivity index (χ4v) is 2.27. The third-order valence-electron chi connectivity index (χ3n) is 3.08. The lowest BCUT2D eigenvalue weighted by atomic mass is 10.1. The van der Waals surface area contributed by atoms with E-state index in [1.807, 2.05) is 6.07 Å². The third kappa shape index (κ3) is 3.86. The van der Waals surface area contributed by atoms with Crippen LogP contribution in [0.25, 0.3) is 0 Å². The number of rotatable bonds is 5. The summed E-state index contributed by atoms with van der Waals surface area (Å²) < 4.78 is 1.66. The summed E-state index contributed by atoms with van der Waals surface area (Å²) in [5.74, 6) is -1.17. The van der Waals surface area contributed by atoms with Gasteiger partial charge < -0.3 is 15.0 Å². The van der Waals surface area contributed by atoms with Crippen LogP contribution in [0.2, 0.25) is 5.02 Å². The summed E-state index contributed by atoms with van der Waals surface area (Å²) in [7, 11) is 1.75. The van der Waals surface area contributed by atoms with E-state index in [-0.39, 0.29) is 11.5 Å². The number of amides is 1. The molecule has 0 fully saturated rings. The van der Waals surface area contributed by atoms with Gasteiger partial charge in [-0.3, -0.25) is 4.79 Å². The number of carboxylic acids is 1. The van der Waals surface area contributed by atoms with Crippen LogP contribution in [0.4, 0.5) is 0 Å². The van der Waals surface area contributed by atoms with Crippen LogP contribution in [0, 0.1) is 0 Å². The van der Waals surface area contributed by atoms with Gasteiger partial charge in [0, 0.05) is 19.8 Å². The van der Waals surface area contributed by atoms with E-state index in [1.165, 1.54) is 6.07 Å². The molecule has 1 aromatic carbocycles. The fourth-order valence-electron chi connectivity index (χ4n) is 2.02. The quantitative estimate of drug-likeness (QED) is 0.890. The largest absolute Gasteiger partial charge is 0.478 e. The first kappa shape index (κ1) is 15.1. The first-order valence-corrected chi connectivity index (χ1v) is 6.77. The molecule has 1 amide bonds. The predicted octanol–water partition coefficient (Wildman–Crippen LogP) is 2.35. The lowest BCUT2D eigenvalue weighted by molar-refractivity contribution is 0.0696. The maximum atomic E-state index is 12.0. The average Bonchev–Trinajstić information content (AvgIpc) is 2.78. The molecule has 0 aliphatic carbocycles. The van der Waals surface area contributed by atoms with Crippen LogP contribution in [-0.2, 0) is 13.5 Å². The Morgan fingerprint density at radius 3 is 2.71 bits per heavy atom. The number of carbonyl (C=O) groups is 2. The van der Waals surface area contributed by atoms with E-state index in [0.717, 1.165) is 5.56 Å². The zero-order valence-corrected chi connectivity index (χ0v) is 12.2. The Labute approximate surface area is 127 Å². The van der Waals surface area contributed by atoms with Crippen molar-refractivity contribution in [3.05, 3.63) is 58.4 Å². The number of benzene rings is 1. The summed E-state index contributed by atoms with van der Waals surface area (Å²) in [5, 5.41) is 12.2. The van der Waals surface area contributed by atoms with Gasteiger partial charge in [0.2, 0.25) is 0 Å². The van der Waals surface area contributed by atoms with E-state index in [0.29, 0.717) is 23.7 Å². The lowest BCUT2D eigenvalue weighted by Gasteiger charge is -2.06. The number of carboxylic acid groups (broad SMARTS) is 1. The molecule has 1 heterocycles. The third-order valence-corrected chi connectivity index (χ3v) is 3.28. The molecule has 2 N–H and O–H groups in total. The molecular weight excluding hydrogens is 292 g/mol. The SMILES string of the molecule is Cn1cc(Cl)cc1C(=O)NCCc1cccc(C(=O)O)c1. The van der Waals surface area contributed by atoms with Crippen molar-refractivity contribution < 1.29 is 14.7 Å². The molecule has 0 spiro atoms. The van der Waals surface area contributed by atoms with Crippen LogP contribution < -0.4 is 5.32 Å². The van der Waals surface area contributed by atoms with Crippen LogP contribution in [0.15, 0.2) is 36.5 Å². The summed E-state index contributed by atoms with van der Waals surface area (Å²) >= 11 is 5.83. The first-order chi connectivity index (χ1) is 9.97. The molecule has 1 aromatic heterocycles. The normalized spacial score (nSPS) is 10.4. The van der Waals surface area contributed by atoms with Crippen molar-refractivity contribution in [3.8, 4) is 0 Å². The molecule has 0 saturated heterocycles. The van der Waals surface area contributed by atoms with Gasteiger partial charge in [-0.05, 0) is 30.2 Å². The van der Waals surface area contributed by atoms with Gasteiger partial charge in [-0.1, -0.05) is 23.7 Å². The zero-order chi connectivity index (χ0) is 15.4. The van der Waals surface area contributed by atoms with E-state index < -0.39 is 5.97 Å². The number of hydrogen-bond donors (Lipinski definition) is 2. The molecule has 0 bridgehead atoms. The second-order valence-electron chi connectivity index (χ2n) is 4.67. The topological polar surface area (TPSA) is 71.3 Å². The molecule has 110 valence electrons. The fraction of sp³-hybridized carbons (Fsp3) is 0.200. The highest BCUT2D eigenvalue weighted by atomic mass is 35.5. The molecular formula is C15H15ClN2O3. The Bertz CT molecular complexity index is 679. The Morgan fingerprint density at radius 1 is 1.33 bits per heavy atom. The van der Waals surface area contributed by atoms with Crippen molar-refractivity contribution >= 4 is 23.5 Å². The number of nitrogens with one attached hydrogen (secondary N) is 1. The Morgan fingerprint density at radius 2 is 2.10 bits per heavy atom. The second kappa shape index (κ2) is 6.45. The minimum absolute atomic E-state index is 0.209. The zero-order valence-electron chi connectivity index (χ0n) is 11.5. The molecule has 0 aliphatic heterocycles. The standard InChI is InChI=1S/C15H15ClN2O3/c1-18-9-12(16)8-13(18)14(19)17-6-5-10-3-2-4-11(7-10)15(20)21/h2-4,7-9H,5-6H2,1H3,(H,17,19)(H,20,21). The number of aryl methyl sites for hydroxylation is 1. The van der Waals surface area contributed by atoms with Gasteiger partial charge in [-0.2, -0.15) is 0 Å². The number of hydrogen-bond acceptors (Lipinski definition) is 2. The highest BCUT2D eigenvalue weighted by molar-refractivity contribution is 6.31. The minimum Gasteiger partial charge on any atom is -0.478 e. The summed E-state index contributed by atoms with van der Waals surface area (Å²) in [6.07, 6.45) is 2.22. The van der Waals surface area contributed by atoms with Gasteiger partial charge in [0.1, 0.15) is 5.69 Å².